The zero-order chi connectivity index (χ0) is 24.8. The van der Waals surface area contributed by atoms with Gasteiger partial charge in [0.1, 0.15) is 5.75 Å². The number of hydrogen-bond donors (Lipinski definition) is 2. The van der Waals surface area contributed by atoms with Crippen molar-refractivity contribution in [2.75, 3.05) is 0 Å². The maximum atomic E-state index is 12.9. The van der Waals surface area contributed by atoms with Crippen molar-refractivity contribution in [1.29, 1.82) is 0 Å². The lowest BCUT2D eigenvalue weighted by Gasteiger charge is -2.51. The minimum Gasteiger partial charge on any atom is -0.490 e. The molecule has 34 heavy (non-hydrogen) atoms. The van der Waals surface area contributed by atoms with E-state index in [1.165, 1.54) is 0 Å². The molecule has 3 unspecified atom stereocenters. The van der Waals surface area contributed by atoms with Crippen LogP contribution in [-0.2, 0) is 4.79 Å². The van der Waals surface area contributed by atoms with E-state index in [0.29, 0.717) is 19.3 Å². The first-order chi connectivity index (χ1) is 15.9. The summed E-state index contributed by atoms with van der Waals surface area (Å²) in [6.45, 7) is 8.08. The van der Waals surface area contributed by atoms with Crippen molar-refractivity contribution >= 4 is 16.7 Å². The van der Waals surface area contributed by atoms with Gasteiger partial charge in [-0.05, 0) is 85.4 Å². The van der Waals surface area contributed by atoms with Crippen LogP contribution in [0.5, 0.6) is 5.75 Å². The van der Waals surface area contributed by atoms with E-state index < -0.39 is 18.1 Å². The number of benzene rings is 2. The second-order valence-corrected chi connectivity index (χ2v) is 10.7. The Balaban J connectivity index is 1.42. The van der Waals surface area contributed by atoms with Gasteiger partial charge in [0.15, 0.2) is 0 Å². The summed E-state index contributed by atoms with van der Waals surface area (Å²) in [6.07, 6.45) is -2.57. The predicted molar refractivity (Wildman–Crippen MR) is 126 cm³/mol. The molecule has 0 spiro atoms. The van der Waals surface area contributed by atoms with E-state index >= 15 is 0 Å². The number of fused-ring (bicyclic) bond motifs is 1. The molecular weight excluding hydrogens is 443 g/mol. The van der Waals surface area contributed by atoms with Gasteiger partial charge in [-0.25, -0.2) is 0 Å². The molecule has 2 aromatic carbocycles. The Bertz CT molecular complexity index is 1060. The SMILES string of the molecule is Cc1c(O[C@H]2CC[C@@H](C(F)(F)F)CC2)ccc2cc(C(C)NC3CC(C(=O)O)C3(C)C)ccc12. The van der Waals surface area contributed by atoms with Crippen LogP contribution in [0, 0.1) is 24.2 Å². The lowest BCUT2D eigenvalue weighted by molar-refractivity contribution is -0.185. The van der Waals surface area contributed by atoms with E-state index in [0.717, 1.165) is 27.6 Å². The molecule has 2 aromatic rings. The van der Waals surface area contributed by atoms with Crippen molar-refractivity contribution in [2.24, 2.45) is 17.3 Å². The second-order valence-electron chi connectivity index (χ2n) is 10.7. The first-order valence-electron chi connectivity index (χ1n) is 12.1. The van der Waals surface area contributed by atoms with Crippen LogP contribution in [-0.4, -0.2) is 29.4 Å². The fraction of sp³-hybridized carbons (Fsp3) is 0.593. The van der Waals surface area contributed by atoms with Crippen LogP contribution in [0.3, 0.4) is 0 Å². The highest BCUT2D eigenvalue weighted by Crippen LogP contribution is 2.47. The van der Waals surface area contributed by atoms with Gasteiger partial charge in [0.05, 0.1) is 17.9 Å². The number of aryl methyl sites for hydroxylation is 1. The minimum absolute atomic E-state index is 0.0727. The molecule has 2 N–H and O–H groups in total. The molecule has 0 radical (unpaired) electrons. The number of nitrogens with one attached hydrogen (secondary N) is 1. The molecule has 2 saturated carbocycles. The van der Waals surface area contributed by atoms with Crippen LogP contribution < -0.4 is 10.1 Å². The Morgan fingerprint density at radius 3 is 2.41 bits per heavy atom. The molecule has 2 aliphatic carbocycles. The van der Waals surface area contributed by atoms with E-state index in [4.69, 9.17) is 4.74 Å². The average molecular weight is 478 g/mol. The highest BCUT2D eigenvalue weighted by molar-refractivity contribution is 5.88. The summed E-state index contributed by atoms with van der Waals surface area (Å²) in [6, 6.07) is 10.4. The first kappa shape index (κ1) is 24.8. The lowest BCUT2D eigenvalue weighted by Crippen LogP contribution is -2.59. The van der Waals surface area contributed by atoms with Gasteiger partial charge in [0, 0.05) is 12.1 Å². The second kappa shape index (κ2) is 9.06. The number of alkyl halides is 3. The number of halogens is 3. The van der Waals surface area contributed by atoms with E-state index in [1.807, 2.05) is 32.9 Å². The third-order valence-corrected chi connectivity index (χ3v) is 8.21. The van der Waals surface area contributed by atoms with Gasteiger partial charge in [-0.2, -0.15) is 13.2 Å². The highest BCUT2D eigenvalue weighted by Gasteiger charge is 2.52. The Labute approximate surface area is 198 Å². The van der Waals surface area contributed by atoms with Crippen LogP contribution in [0.2, 0.25) is 0 Å². The van der Waals surface area contributed by atoms with Gasteiger partial charge in [-0.15, -0.1) is 0 Å². The zero-order valence-corrected chi connectivity index (χ0v) is 20.2. The van der Waals surface area contributed by atoms with Crippen molar-refractivity contribution in [3.8, 4) is 5.75 Å². The summed E-state index contributed by atoms with van der Waals surface area (Å²) < 4.78 is 44.9. The van der Waals surface area contributed by atoms with E-state index in [1.54, 1.807) is 0 Å². The summed E-state index contributed by atoms with van der Waals surface area (Å²) in [7, 11) is 0. The van der Waals surface area contributed by atoms with Crippen molar-refractivity contribution in [2.45, 2.75) is 84.2 Å². The molecule has 2 aliphatic rings. The number of ether oxygens (including phenoxy) is 1. The Morgan fingerprint density at radius 1 is 1.15 bits per heavy atom. The van der Waals surface area contributed by atoms with Crippen LogP contribution in [0.25, 0.3) is 10.8 Å². The molecule has 0 aliphatic heterocycles. The smallest absolute Gasteiger partial charge is 0.391 e. The topological polar surface area (TPSA) is 58.6 Å². The maximum absolute atomic E-state index is 12.9. The largest absolute Gasteiger partial charge is 0.490 e. The molecule has 2 fully saturated rings. The molecule has 4 rings (SSSR count). The van der Waals surface area contributed by atoms with E-state index in [-0.39, 0.29) is 42.4 Å². The molecule has 0 amide bonds. The summed E-state index contributed by atoms with van der Waals surface area (Å²) >= 11 is 0. The summed E-state index contributed by atoms with van der Waals surface area (Å²) in [5, 5.41) is 15.1. The Kier molecular flexibility index (Phi) is 6.62. The molecule has 4 nitrogen and oxygen atoms in total. The third kappa shape index (κ3) is 4.77. The predicted octanol–water partition coefficient (Wildman–Crippen LogP) is 6.80. The molecular formula is C27H34F3NO3. The van der Waals surface area contributed by atoms with Crippen molar-refractivity contribution < 1.29 is 27.8 Å². The monoisotopic (exact) mass is 477 g/mol. The average Bonchev–Trinajstić information content (AvgIpc) is 2.77. The number of hydrogen-bond acceptors (Lipinski definition) is 3. The van der Waals surface area contributed by atoms with Gasteiger partial charge >= 0.3 is 12.1 Å². The van der Waals surface area contributed by atoms with Crippen LogP contribution >= 0.6 is 0 Å². The third-order valence-electron chi connectivity index (χ3n) is 8.21. The summed E-state index contributed by atoms with van der Waals surface area (Å²) in [4.78, 5) is 11.4. The number of carbonyl (C=O) groups is 1. The molecule has 0 bridgehead atoms. The van der Waals surface area contributed by atoms with Gasteiger partial charge in [-0.3, -0.25) is 4.79 Å². The fourth-order valence-electron chi connectivity index (χ4n) is 5.59. The quantitative estimate of drug-likeness (QED) is 0.481. The first-order valence-corrected chi connectivity index (χ1v) is 12.1. The number of carboxylic acid groups (broad SMARTS) is 1. The fourth-order valence-corrected chi connectivity index (χ4v) is 5.59. The number of rotatable bonds is 6. The Morgan fingerprint density at radius 2 is 1.82 bits per heavy atom. The number of aliphatic carboxylic acids is 1. The van der Waals surface area contributed by atoms with Crippen molar-refractivity contribution in [3.05, 3.63) is 41.5 Å². The number of carboxylic acids is 1. The zero-order valence-electron chi connectivity index (χ0n) is 20.2. The van der Waals surface area contributed by atoms with Gasteiger partial charge < -0.3 is 15.2 Å². The van der Waals surface area contributed by atoms with Crippen LogP contribution in [0.1, 0.15) is 70.0 Å². The standard InChI is InChI=1S/C27H34F3NO3/c1-15-21-11-5-17(16(2)31-24-14-22(25(32)33)26(24,3)4)13-18(21)6-12-23(15)34-20-9-7-19(8-10-20)27(28,29)30/h5-6,11-13,16,19-20,22,24,31H,7-10,14H2,1-4H3,(H,32,33)/t16?,19-,20+,22?,24?. The van der Waals surface area contributed by atoms with Gasteiger partial charge in [0.2, 0.25) is 0 Å². The Hall–Kier alpha value is -2.28. The molecule has 0 aromatic heterocycles. The lowest BCUT2D eigenvalue weighted by atomic mass is 9.58. The van der Waals surface area contributed by atoms with E-state index in [2.05, 4.69) is 30.4 Å². The molecule has 3 atom stereocenters. The molecule has 0 saturated heterocycles. The van der Waals surface area contributed by atoms with Crippen LogP contribution in [0.4, 0.5) is 13.2 Å². The normalized spacial score (nSPS) is 27.7. The molecule has 0 heterocycles. The van der Waals surface area contributed by atoms with Gasteiger partial charge in [-0.1, -0.05) is 32.0 Å². The summed E-state index contributed by atoms with van der Waals surface area (Å²) in [5.41, 5.74) is 1.83. The molecule has 7 heteroatoms. The molecule has 186 valence electrons. The van der Waals surface area contributed by atoms with Gasteiger partial charge in [0.25, 0.3) is 0 Å². The maximum Gasteiger partial charge on any atom is 0.391 e. The van der Waals surface area contributed by atoms with Crippen molar-refractivity contribution in [3.63, 3.8) is 0 Å². The highest BCUT2D eigenvalue weighted by atomic mass is 19.4. The summed E-state index contributed by atoms with van der Waals surface area (Å²) in [5.74, 6) is -1.53. The minimum atomic E-state index is -4.11. The van der Waals surface area contributed by atoms with Crippen LogP contribution in [0.15, 0.2) is 30.3 Å². The van der Waals surface area contributed by atoms with E-state index in [9.17, 15) is 23.1 Å². The van der Waals surface area contributed by atoms with Crippen molar-refractivity contribution in [1.82, 2.24) is 5.32 Å².